The van der Waals surface area contributed by atoms with Gasteiger partial charge in [-0.2, -0.15) is 0 Å². The van der Waals surface area contributed by atoms with Crippen molar-refractivity contribution in [2.75, 3.05) is 39.6 Å². The van der Waals surface area contributed by atoms with Gasteiger partial charge in [-0.25, -0.2) is 0 Å². The summed E-state index contributed by atoms with van der Waals surface area (Å²) < 4.78 is 10.3. The summed E-state index contributed by atoms with van der Waals surface area (Å²) in [7, 11) is 3.25. The number of nitrogens with one attached hydrogen (secondary N) is 1. The van der Waals surface area contributed by atoms with Crippen LogP contribution >= 0.6 is 0 Å². The molecule has 1 aliphatic rings. The van der Waals surface area contributed by atoms with Gasteiger partial charge >= 0.3 is 0 Å². The lowest BCUT2D eigenvalue weighted by atomic mass is 9.78. The van der Waals surface area contributed by atoms with Gasteiger partial charge in [-0.05, 0) is 78.8 Å². The summed E-state index contributed by atoms with van der Waals surface area (Å²) in [5, 5.41) is 4.95. The topological polar surface area (TPSA) is 103 Å². The van der Waals surface area contributed by atoms with Crippen molar-refractivity contribution >= 4 is 34.4 Å². The number of methoxy groups -OCH3 is 2. The number of ether oxygens (including phenoxy) is 2. The Morgan fingerprint density at radius 3 is 2.66 bits per heavy atom. The minimum Gasteiger partial charge on any atom is -0.497 e. The van der Waals surface area contributed by atoms with Gasteiger partial charge in [0.05, 0.1) is 13.7 Å². The Bertz CT molecular complexity index is 1330. The number of aliphatic imine (C=N–C) groups is 1. The van der Waals surface area contributed by atoms with Gasteiger partial charge < -0.3 is 20.5 Å². The van der Waals surface area contributed by atoms with Crippen LogP contribution in [0.1, 0.15) is 57.5 Å². The average Bonchev–Trinajstić information content (AvgIpc) is 2.94. The molecule has 2 unspecified atom stereocenters. The predicted octanol–water partition coefficient (Wildman–Crippen LogP) is 5.22. The molecule has 1 saturated carbocycles. The minimum absolute atomic E-state index is 0.00516. The Morgan fingerprint density at radius 1 is 1.08 bits per heavy atom. The number of hydrogen-bond acceptors (Lipinski definition) is 6. The first-order chi connectivity index (χ1) is 18.4. The lowest BCUT2D eigenvalue weighted by Gasteiger charge is -2.27. The fourth-order valence-corrected chi connectivity index (χ4v) is 5.26. The normalized spacial score (nSPS) is 17.6. The Morgan fingerprint density at radius 2 is 1.87 bits per heavy atom. The Labute approximate surface area is 224 Å². The van der Waals surface area contributed by atoms with Crippen LogP contribution in [0.5, 0.6) is 5.75 Å². The molecular formula is C31H37N3O4. The largest absolute Gasteiger partial charge is 0.497 e. The highest BCUT2D eigenvalue weighted by atomic mass is 16.5. The monoisotopic (exact) mass is 515 g/mol. The summed E-state index contributed by atoms with van der Waals surface area (Å²) in [4.78, 5) is 30.6. The fourth-order valence-electron chi connectivity index (χ4n) is 5.26. The number of anilines is 1. The van der Waals surface area contributed by atoms with Crippen molar-refractivity contribution in [3.8, 4) is 5.75 Å². The van der Waals surface area contributed by atoms with Gasteiger partial charge in [0.2, 0.25) is 0 Å². The van der Waals surface area contributed by atoms with E-state index in [0.29, 0.717) is 36.9 Å². The van der Waals surface area contributed by atoms with Crippen molar-refractivity contribution in [3.63, 3.8) is 0 Å². The quantitative estimate of drug-likeness (QED) is 0.167. The van der Waals surface area contributed by atoms with Gasteiger partial charge in [0.15, 0.2) is 5.78 Å². The van der Waals surface area contributed by atoms with E-state index in [1.54, 1.807) is 32.6 Å². The smallest absolute Gasteiger partial charge is 0.251 e. The molecule has 38 heavy (non-hydrogen) atoms. The van der Waals surface area contributed by atoms with Gasteiger partial charge in [-0.1, -0.05) is 24.6 Å². The second-order valence-electron chi connectivity index (χ2n) is 10.0. The fraction of sp³-hybridized carbons (Fsp3) is 0.387. The Kier molecular flexibility index (Phi) is 9.13. The number of Topliss-reactive ketones (excluding diaryl/α,β-unsaturated/α-hetero) is 1. The number of hydrogen-bond donors (Lipinski definition) is 2. The Balaban J connectivity index is 1.40. The maximum Gasteiger partial charge on any atom is 0.251 e. The molecule has 0 bridgehead atoms. The van der Waals surface area contributed by atoms with E-state index in [9.17, 15) is 9.59 Å². The maximum absolute atomic E-state index is 13.4. The second kappa shape index (κ2) is 12.7. The third-order valence-corrected chi connectivity index (χ3v) is 7.45. The maximum atomic E-state index is 13.4. The van der Waals surface area contributed by atoms with Crippen LogP contribution in [0.4, 0.5) is 5.69 Å². The van der Waals surface area contributed by atoms with Gasteiger partial charge in [0.1, 0.15) is 5.75 Å². The number of amides is 1. The van der Waals surface area contributed by atoms with Gasteiger partial charge in [0.25, 0.3) is 5.91 Å². The predicted molar refractivity (Wildman–Crippen MR) is 153 cm³/mol. The summed E-state index contributed by atoms with van der Waals surface area (Å²) in [5.74, 6) is 1.20. The molecule has 200 valence electrons. The SMILES string of the molecule is COCCNC(=O)c1ccc(N)c(C=NCC2CCCC(C(=O)c3ccc4cc(OC)ccc4c3)C2)c1C. The van der Waals surface area contributed by atoms with Crippen molar-refractivity contribution in [1.82, 2.24) is 5.32 Å². The van der Waals surface area contributed by atoms with Crippen molar-refractivity contribution in [2.45, 2.75) is 32.6 Å². The number of nitrogens with zero attached hydrogens (tertiary/aromatic N) is 1. The van der Waals surface area contributed by atoms with Crippen LogP contribution < -0.4 is 15.8 Å². The molecule has 2 atom stereocenters. The highest BCUT2D eigenvalue weighted by molar-refractivity contribution is 6.02. The molecule has 4 rings (SSSR count). The molecule has 0 heterocycles. The number of nitrogens with two attached hydrogens (primary N) is 1. The van der Waals surface area contributed by atoms with Crippen LogP contribution in [0.2, 0.25) is 0 Å². The summed E-state index contributed by atoms with van der Waals surface area (Å²) >= 11 is 0. The van der Waals surface area contributed by atoms with E-state index in [2.05, 4.69) is 5.32 Å². The zero-order chi connectivity index (χ0) is 27.1. The molecule has 0 aromatic heterocycles. The summed E-state index contributed by atoms with van der Waals surface area (Å²) in [6.07, 6.45) is 5.58. The first kappa shape index (κ1) is 27.3. The van der Waals surface area contributed by atoms with Crippen LogP contribution in [0.15, 0.2) is 53.5 Å². The van der Waals surface area contributed by atoms with E-state index in [4.69, 9.17) is 20.2 Å². The van der Waals surface area contributed by atoms with Crippen molar-refractivity contribution < 1.29 is 19.1 Å². The van der Waals surface area contributed by atoms with Crippen molar-refractivity contribution in [1.29, 1.82) is 0 Å². The zero-order valence-corrected chi connectivity index (χ0v) is 22.5. The van der Waals surface area contributed by atoms with Crippen LogP contribution in [0.25, 0.3) is 10.8 Å². The first-order valence-corrected chi connectivity index (χ1v) is 13.2. The van der Waals surface area contributed by atoms with E-state index >= 15 is 0 Å². The van der Waals surface area contributed by atoms with Crippen LogP contribution in [-0.2, 0) is 4.74 Å². The van der Waals surface area contributed by atoms with Crippen LogP contribution in [0.3, 0.4) is 0 Å². The van der Waals surface area contributed by atoms with E-state index < -0.39 is 0 Å². The lowest BCUT2D eigenvalue weighted by Crippen LogP contribution is -2.28. The van der Waals surface area contributed by atoms with E-state index in [0.717, 1.165) is 58.9 Å². The number of carbonyl (C=O) groups is 2. The van der Waals surface area contributed by atoms with Crippen molar-refractivity contribution in [2.24, 2.45) is 16.8 Å². The molecule has 3 aromatic carbocycles. The van der Waals surface area contributed by atoms with E-state index in [1.807, 2.05) is 43.3 Å². The zero-order valence-electron chi connectivity index (χ0n) is 22.5. The number of nitrogen functional groups attached to an aromatic ring is 1. The molecule has 0 spiro atoms. The minimum atomic E-state index is -0.157. The number of benzene rings is 3. The average molecular weight is 516 g/mol. The van der Waals surface area contributed by atoms with Crippen LogP contribution in [-0.4, -0.2) is 51.8 Å². The Hall–Kier alpha value is -3.71. The highest BCUT2D eigenvalue weighted by Crippen LogP contribution is 2.33. The lowest BCUT2D eigenvalue weighted by molar-refractivity contribution is 0.0865. The molecule has 0 saturated heterocycles. The molecule has 1 amide bonds. The number of ketones is 1. The molecule has 0 aliphatic heterocycles. The van der Waals surface area contributed by atoms with Gasteiger partial charge in [-0.15, -0.1) is 0 Å². The van der Waals surface area contributed by atoms with E-state index in [-0.39, 0.29) is 17.6 Å². The first-order valence-electron chi connectivity index (χ1n) is 13.2. The summed E-state index contributed by atoms with van der Waals surface area (Å²) in [6, 6.07) is 15.3. The molecule has 3 aromatic rings. The van der Waals surface area contributed by atoms with Gasteiger partial charge in [0, 0.05) is 54.7 Å². The number of carbonyl (C=O) groups excluding carboxylic acids is 2. The van der Waals surface area contributed by atoms with Crippen molar-refractivity contribution in [3.05, 3.63) is 70.8 Å². The van der Waals surface area contributed by atoms with Gasteiger partial charge in [-0.3, -0.25) is 14.6 Å². The molecule has 1 fully saturated rings. The third-order valence-electron chi connectivity index (χ3n) is 7.45. The molecular weight excluding hydrogens is 478 g/mol. The second-order valence-corrected chi connectivity index (χ2v) is 10.0. The summed E-state index contributed by atoms with van der Waals surface area (Å²) in [5.41, 5.74) is 9.71. The molecule has 3 N–H and O–H groups in total. The van der Waals surface area contributed by atoms with Crippen LogP contribution in [0, 0.1) is 18.8 Å². The molecule has 7 nitrogen and oxygen atoms in total. The molecule has 1 aliphatic carbocycles. The molecule has 7 heteroatoms. The summed E-state index contributed by atoms with van der Waals surface area (Å²) in [6.45, 7) is 3.41. The molecule has 0 radical (unpaired) electrons. The third kappa shape index (κ3) is 6.40. The number of rotatable bonds is 10. The highest BCUT2D eigenvalue weighted by Gasteiger charge is 2.28. The standard InChI is InChI=1S/C31H37N3O4/c1-20-27(31(36)34-13-14-37-2)11-12-29(32)28(20)19-33-18-21-5-4-6-24(15-21)30(35)25-8-7-23-17-26(38-3)10-9-22(23)16-25/h7-12,16-17,19,21,24H,4-6,13-15,18,32H2,1-3H3,(H,34,36). The number of fused-ring (bicyclic) bond motifs is 1. The van der Waals surface area contributed by atoms with E-state index in [1.165, 1.54) is 0 Å².